The van der Waals surface area contributed by atoms with Crippen molar-refractivity contribution in [2.24, 2.45) is 29.6 Å². The molecule has 3 saturated carbocycles. The number of piperidine rings is 1. The molecule has 0 unspecified atom stereocenters. The van der Waals surface area contributed by atoms with E-state index in [1.54, 1.807) is 0 Å². The summed E-state index contributed by atoms with van der Waals surface area (Å²) in [7, 11) is -4.28. The molecule has 5 atom stereocenters. The van der Waals surface area contributed by atoms with Gasteiger partial charge in [0.15, 0.2) is 0 Å². The van der Waals surface area contributed by atoms with E-state index in [-0.39, 0.29) is 31.0 Å². The highest BCUT2D eigenvalue weighted by Gasteiger charge is 2.54. The molecule has 4 aliphatic rings. The van der Waals surface area contributed by atoms with Gasteiger partial charge < -0.3 is 5.32 Å². The zero-order valence-electron chi connectivity index (χ0n) is 17.9. The van der Waals surface area contributed by atoms with E-state index >= 15 is 0 Å². The number of hydrogen-bond acceptors (Lipinski definition) is 3. The maximum absolute atomic E-state index is 13.3. The monoisotopic (exact) mass is 470 g/mol. The first-order chi connectivity index (χ1) is 15.2. The number of nitrogens with zero attached hydrogens (tertiary/aromatic N) is 1. The van der Waals surface area contributed by atoms with Crippen LogP contribution in [-0.2, 0) is 21.0 Å². The number of benzene rings is 1. The second kappa shape index (κ2) is 8.01. The van der Waals surface area contributed by atoms with Crippen molar-refractivity contribution in [3.8, 4) is 0 Å². The number of amides is 1. The van der Waals surface area contributed by atoms with Crippen LogP contribution >= 0.6 is 0 Å². The molecule has 9 heteroatoms. The number of hydrogen-bond donors (Lipinski definition) is 1. The number of fused-ring (bicyclic) bond motifs is 5. The molecule has 1 aromatic carbocycles. The van der Waals surface area contributed by atoms with Crippen molar-refractivity contribution in [1.29, 1.82) is 0 Å². The van der Waals surface area contributed by atoms with Crippen molar-refractivity contribution in [3.63, 3.8) is 0 Å². The van der Waals surface area contributed by atoms with Crippen LogP contribution in [-0.4, -0.2) is 37.8 Å². The summed E-state index contributed by atoms with van der Waals surface area (Å²) in [5.41, 5.74) is -1.15. The van der Waals surface area contributed by atoms with Crippen molar-refractivity contribution in [2.75, 3.05) is 13.1 Å². The fourth-order valence-corrected chi connectivity index (χ4v) is 8.64. The fourth-order valence-electron chi connectivity index (χ4n) is 6.96. The number of nitrogens with one attached hydrogen (secondary N) is 1. The second-order valence-corrected chi connectivity index (χ2v) is 11.8. The molecule has 5 nitrogen and oxygen atoms in total. The molecule has 0 aromatic heterocycles. The minimum absolute atomic E-state index is 0.0233. The standard InChI is InChI=1S/C23H29F3N2O3S/c24-23(25,26)19-6-1-2-7-21(19)32(30,31)28-10-8-14(9-11-28)22(29)27-20-13-15-12-18(20)17-5-3-4-16(15)17/h1-2,6-7,14-18,20H,3-5,8-13H2,(H,27,29)/t15-,16-,17+,18+,20-/m1/s1. The number of sulfonamides is 1. The van der Waals surface area contributed by atoms with Crippen molar-refractivity contribution in [3.05, 3.63) is 29.8 Å². The van der Waals surface area contributed by atoms with E-state index in [0.29, 0.717) is 18.8 Å². The predicted octanol–water partition coefficient (Wildman–Crippen LogP) is 4.05. The molecule has 1 aromatic rings. The lowest BCUT2D eigenvalue weighted by atomic mass is 9.79. The van der Waals surface area contributed by atoms with Crippen LogP contribution in [0, 0.1) is 29.6 Å². The van der Waals surface area contributed by atoms with Gasteiger partial charge in [0.1, 0.15) is 0 Å². The highest BCUT2D eigenvalue weighted by Crippen LogP contribution is 2.58. The van der Waals surface area contributed by atoms with Gasteiger partial charge in [-0.3, -0.25) is 4.79 Å². The molecule has 1 saturated heterocycles. The lowest BCUT2D eigenvalue weighted by Gasteiger charge is -2.35. The molecular weight excluding hydrogens is 441 g/mol. The Hall–Kier alpha value is -1.61. The van der Waals surface area contributed by atoms with Gasteiger partial charge in [0, 0.05) is 25.0 Å². The molecule has 3 aliphatic carbocycles. The van der Waals surface area contributed by atoms with E-state index < -0.39 is 26.7 Å². The van der Waals surface area contributed by atoms with Crippen LogP contribution < -0.4 is 5.32 Å². The molecule has 0 spiro atoms. The average molecular weight is 471 g/mol. The predicted molar refractivity (Wildman–Crippen MR) is 112 cm³/mol. The highest BCUT2D eigenvalue weighted by atomic mass is 32.2. The van der Waals surface area contributed by atoms with E-state index in [1.807, 2.05) is 0 Å². The Morgan fingerprint density at radius 1 is 0.969 bits per heavy atom. The first-order valence-electron chi connectivity index (χ1n) is 11.6. The van der Waals surface area contributed by atoms with Crippen molar-refractivity contribution in [1.82, 2.24) is 9.62 Å². The lowest BCUT2D eigenvalue weighted by Crippen LogP contribution is -2.48. The molecule has 1 N–H and O–H groups in total. The molecule has 176 valence electrons. The van der Waals surface area contributed by atoms with Gasteiger partial charge in [-0.2, -0.15) is 17.5 Å². The zero-order valence-corrected chi connectivity index (χ0v) is 18.7. The third-order valence-corrected chi connectivity index (χ3v) is 10.3. The lowest BCUT2D eigenvalue weighted by molar-refractivity contribution is -0.139. The van der Waals surface area contributed by atoms with Gasteiger partial charge in [-0.15, -0.1) is 0 Å². The Balaban J connectivity index is 1.21. The summed E-state index contributed by atoms with van der Waals surface area (Å²) in [6.45, 7) is 0.0993. The van der Waals surface area contributed by atoms with Gasteiger partial charge in [-0.25, -0.2) is 8.42 Å². The molecule has 0 radical (unpaired) electrons. The quantitative estimate of drug-likeness (QED) is 0.722. The Labute approximate surface area is 186 Å². The molecule has 5 rings (SSSR count). The molecular formula is C23H29F3N2O3S. The molecule has 1 amide bonds. The summed E-state index contributed by atoms with van der Waals surface area (Å²) in [4.78, 5) is 12.2. The van der Waals surface area contributed by atoms with Crippen LogP contribution in [0.5, 0.6) is 0 Å². The topological polar surface area (TPSA) is 66.5 Å². The van der Waals surface area contributed by atoms with Gasteiger partial charge in [-0.1, -0.05) is 18.6 Å². The SMILES string of the molecule is O=C(N[C@@H]1C[C@H]2C[C@H]1[C@H]1CCC[C@H]21)C1CCN(S(=O)(=O)c2ccccc2C(F)(F)F)CC1. The van der Waals surface area contributed by atoms with Crippen molar-refractivity contribution < 1.29 is 26.4 Å². The van der Waals surface area contributed by atoms with Gasteiger partial charge in [0.25, 0.3) is 0 Å². The third-order valence-electron chi connectivity index (χ3n) is 8.39. The maximum Gasteiger partial charge on any atom is 0.417 e. The Morgan fingerprint density at radius 2 is 1.66 bits per heavy atom. The van der Waals surface area contributed by atoms with E-state index in [0.717, 1.165) is 40.6 Å². The largest absolute Gasteiger partial charge is 0.417 e. The number of rotatable bonds is 4. The van der Waals surface area contributed by atoms with Crippen molar-refractivity contribution >= 4 is 15.9 Å². The first kappa shape index (κ1) is 22.2. The van der Waals surface area contributed by atoms with Gasteiger partial charge in [0.2, 0.25) is 15.9 Å². The summed E-state index contributed by atoms with van der Waals surface area (Å²) >= 11 is 0. The van der Waals surface area contributed by atoms with Gasteiger partial charge >= 0.3 is 6.18 Å². The number of alkyl halides is 3. The Kier molecular flexibility index (Phi) is 5.55. The van der Waals surface area contributed by atoms with E-state index in [9.17, 15) is 26.4 Å². The first-order valence-corrected chi connectivity index (χ1v) is 13.1. The minimum Gasteiger partial charge on any atom is -0.353 e. The number of carbonyl (C=O) groups excluding carboxylic acids is 1. The molecule has 32 heavy (non-hydrogen) atoms. The maximum atomic E-state index is 13.3. The van der Waals surface area contributed by atoms with Crippen LogP contribution in [0.4, 0.5) is 13.2 Å². The molecule has 1 heterocycles. The Morgan fingerprint density at radius 3 is 2.38 bits per heavy atom. The van der Waals surface area contributed by atoms with Crippen LogP contribution in [0.25, 0.3) is 0 Å². The van der Waals surface area contributed by atoms with Gasteiger partial charge in [-0.05, 0) is 74.3 Å². The highest BCUT2D eigenvalue weighted by molar-refractivity contribution is 7.89. The summed E-state index contributed by atoms with van der Waals surface area (Å²) in [5, 5.41) is 3.25. The van der Waals surface area contributed by atoms with Crippen molar-refractivity contribution in [2.45, 2.75) is 62.1 Å². The second-order valence-electron chi connectivity index (χ2n) is 9.94. The van der Waals surface area contributed by atoms with E-state index in [4.69, 9.17) is 0 Å². The number of halogens is 3. The molecule has 2 bridgehead atoms. The Bertz CT molecular complexity index is 988. The third kappa shape index (κ3) is 3.75. The smallest absolute Gasteiger partial charge is 0.353 e. The summed E-state index contributed by atoms with van der Waals surface area (Å²) in [6.07, 6.45) is 2.08. The van der Waals surface area contributed by atoms with Crippen LogP contribution in [0.15, 0.2) is 29.2 Å². The number of carbonyl (C=O) groups is 1. The summed E-state index contributed by atoms with van der Waals surface area (Å²) < 4.78 is 66.9. The minimum atomic E-state index is -4.75. The molecule has 4 fully saturated rings. The fraction of sp³-hybridized carbons (Fsp3) is 0.696. The van der Waals surface area contributed by atoms with E-state index in [2.05, 4.69) is 5.32 Å². The average Bonchev–Trinajstić information content (AvgIpc) is 3.47. The van der Waals surface area contributed by atoms with Crippen LogP contribution in [0.3, 0.4) is 0 Å². The van der Waals surface area contributed by atoms with Crippen LogP contribution in [0.2, 0.25) is 0 Å². The van der Waals surface area contributed by atoms with Gasteiger partial charge in [0.05, 0.1) is 10.5 Å². The van der Waals surface area contributed by atoms with Crippen LogP contribution in [0.1, 0.15) is 50.5 Å². The summed E-state index contributed by atoms with van der Waals surface area (Å²) in [6, 6.07) is 4.50. The van der Waals surface area contributed by atoms with E-state index in [1.165, 1.54) is 37.8 Å². The zero-order chi connectivity index (χ0) is 22.7. The molecule has 1 aliphatic heterocycles. The normalized spacial score (nSPS) is 33.4. The summed E-state index contributed by atoms with van der Waals surface area (Å²) in [5.74, 6) is 2.60.